The summed E-state index contributed by atoms with van der Waals surface area (Å²) in [6.07, 6.45) is 4.21. The number of piperidine rings is 2. The van der Waals surface area contributed by atoms with Gasteiger partial charge in [-0.1, -0.05) is 28.1 Å². The van der Waals surface area contributed by atoms with Crippen molar-refractivity contribution in [1.82, 2.24) is 4.90 Å². The first-order chi connectivity index (χ1) is 7.79. The fraction of sp³-hybridized carbons (Fsp3) is 0.571. The van der Waals surface area contributed by atoms with E-state index in [0.29, 0.717) is 0 Å². The number of rotatable bonds is 3. The van der Waals surface area contributed by atoms with E-state index in [2.05, 4.69) is 45.1 Å². The molecule has 1 aliphatic carbocycles. The summed E-state index contributed by atoms with van der Waals surface area (Å²) in [7, 11) is 0. The molecule has 16 heavy (non-hydrogen) atoms. The molecular weight excluding hydrogens is 262 g/mol. The monoisotopic (exact) mass is 279 g/mol. The summed E-state index contributed by atoms with van der Waals surface area (Å²) in [6.45, 7) is 3.94. The first-order valence-corrected chi connectivity index (χ1v) is 7.06. The Morgan fingerprint density at radius 2 is 1.94 bits per heavy atom. The van der Waals surface area contributed by atoms with E-state index in [4.69, 9.17) is 0 Å². The minimum Gasteiger partial charge on any atom is -0.302 e. The van der Waals surface area contributed by atoms with Crippen molar-refractivity contribution in [3.05, 3.63) is 34.3 Å². The maximum absolute atomic E-state index is 3.53. The summed E-state index contributed by atoms with van der Waals surface area (Å²) >= 11 is 3.53. The van der Waals surface area contributed by atoms with E-state index in [1.807, 2.05) is 0 Å². The second-order valence-electron chi connectivity index (χ2n) is 5.34. The molecule has 0 unspecified atom stereocenters. The number of halogens is 1. The van der Waals surface area contributed by atoms with Gasteiger partial charge in [-0.2, -0.15) is 0 Å². The Morgan fingerprint density at radius 1 is 1.19 bits per heavy atom. The van der Waals surface area contributed by atoms with Gasteiger partial charge in [0.05, 0.1) is 0 Å². The molecule has 2 saturated heterocycles. The van der Waals surface area contributed by atoms with Crippen LogP contribution in [0.2, 0.25) is 0 Å². The Bertz CT molecular complexity index is 361. The molecule has 1 aromatic carbocycles. The van der Waals surface area contributed by atoms with Crippen LogP contribution in [0.1, 0.15) is 18.4 Å². The zero-order valence-electron chi connectivity index (χ0n) is 9.53. The van der Waals surface area contributed by atoms with Crippen LogP contribution in [0.25, 0.3) is 0 Å². The summed E-state index contributed by atoms with van der Waals surface area (Å²) in [6, 6.07) is 8.70. The lowest BCUT2D eigenvalue weighted by Crippen LogP contribution is -2.49. The van der Waals surface area contributed by atoms with Crippen LogP contribution in [0, 0.1) is 11.8 Å². The van der Waals surface area contributed by atoms with Crippen molar-refractivity contribution >= 4 is 15.9 Å². The van der Waals surface area contributed by atoms with Crippen LogP contribution >= 0.6 is 15.9 Å². The van der Waals surface area contributed by atoms with Gasteiger partial charge >= 0.3 is 0 Å². The minimum absolute atomic E-state index is 1.03. The van der Waals surface area contributed by atoms with E-state index in [0.717, 1.165) is 11.8 Å². The lowest BCUT2D eigenvalue weighted by molar-refractivity contribution is 0.0284. The predicted octanol–water partition coefficient (Wildman–Crippen LogP) is 3.33. The molecule has 0 amide bonds. The summed E-state index contributed by atoms with van der Waals surface area (Å²) in [5, 5.41) is 0. The number of nitrogens with zero attached hydrogens (tertiary/aromatic N) is 1. The van der Waals surface area contributed by atoms with Gasteiger partial charge in [0.1, 0.15) is 0 Å². The van der Waals surface area contributed by atoms with E-state index in [9.17, 15) is 0 Å². The zero-order valence-corrected chi connectivity index (χ0v) is 11.1. The summed E-state index contributed by atoms with van der Waals surface area (Å²) in [4.78, 5) is 2.66. The van der Waals surface area contributed by atoms with Crippen LogP contribution in [0.3, 0.4) is 0 Å². The quantitative estimate of drug-likeness (QED) is 0.821. The smallest absolute Gasteiger partial charge is 0.0178 e. The maximum Gasteiger partial charge on any atom is 0.0178 e. The Kier molecular flexibility index (Phi) is 3.03. The van der Waals surface area contributed by atoms with Gasteiger partial charge in [0.2, 0.25) is 0 Å². The van der Waals surface area contributed by atoms with Crippen LogP contribution in [-0.2, 0) is 6.42 Å². The van der Waals surface area contributed by atoms with Crippen molar-refractivity contribution < 1.29 is 0 Å². The van der Waals surface area contributed by atoms with E-state index < -0.39 is 0 Å². The molecule has 1 aromatic rings. The molecule has 0 N–H and O–H groups in total. The van der Waals surface area contributed by atoms with Gasteiger partial charge in [-0.3, -0.25) is 0 Å². The zero-order chi connectivity index (χ0) is 11.0. The molecule has 2 bridgehead atoms. The Balaban J connectivity index is 1.52. The van der Waals surface area contributed by atoms with E-state index in [1.54, 1.807) is 0 Å². The van der Waals surface area contributed by atoms with E-state index >= 15 is 0 Å². The van der Waals surface area contributed by atoms with Crippen LogP contribution in [0.5, 0.6) is 0 Å². The fourth-order valence-corrected chi connectivity index (χ4v) is 3.59. The minimum atomic E-state index is 1.03. The van der Waals surface area contributed by atoms with Crippen LogP contribution < -0.4 is 0 Å². The Labute approximate surface area is 106 Å². The topological polar surface area (TPSA) is 3.24 Å². The highest BCUT2D eigenvalue weighted by atomic mass is 79.9. The molecule has 0 radical (unpaired) electrons. The average Bonchev–Trinajstić information content (AvgIpc) is 2.26. The summed E-state index contributed by atoms with van der Waals surface area (Å²) < 4.78 is 1.20. The third-order valence-corrected chi connectivity index (χ3v) is 4.47. The Morgan fingerprint density at radius 3 is 2.62 bits per heavy atom. The predicted molar refractivity (Wildman–Crippen MR) is 70.5 cm³/mol. The fourth-order valence-electron chi connectivity index (χ4n) is 3.14. The molecule has 2 heterocycles. The standard InChI is InChI=1S/C14H18BrN/c15-14-3-1-2-11(8-14)4-5-16-9-12-6-13(7-12)10-16/h1-3,8,12-13H,4-7,9-10H2. The second kappa shape index (κ2) is 4.50. The molecule has 4 rings (SSSR count). The largest absolute Gasteiger partial charge is 0.302 e. The van der Waals surface area contributed by atoms with Crippen LogP contribution in [0.4, 0.5) is 0 Å². The highest BCUT2D eigenvalue weighted by Crippen LogP contribution is 2.39. The first kappa shape index (κ1) is 10.8. The van der Waals surface area contributed by atoms with Crippen molar-refractivity contribution in [2.75, 3.05) is 19.6 Å². The number of hydrogen-bond acceptors (Lipinski definition) is 1. The average molecular weight is 280 g/mol. The molecule has 3 fully saturated rings. The molecule has 1 nitrogen and oxygen atoms in total. The molecule has 86 valence electrons. The molecule has 2 aliphatic heterocycles. The van der Waals surface area contributed by atoms with E-state index in [1.165, 1.54) is 48.9 Å². The Hall–Kier alpha value is -0.340. The molecular formula is C14H18BrN. The summed E-state index contributed by atoms with van der Waals surface area (Å²) in [5.74, 6) is 2.06. The van der Waals surface area contributed by atoms with Crippen molar-refractivity contribution in [3.8, 4) is 0 Å². The number of fused-ring (bicyclic) bond motifs is 2. The molecule has 1 saturated carbocycles. The molecule has 0 aromatic heterocycles. The van der Waals surface area contributed by atoms with Crippen LogP contribution in [0.15, 0.2) is 28.7 Å². The molecule has 3 aliphatic rings. The van der Waals surface area contributed by atoms with Crippen molar-refractivity contribution in [2.45, 2.75) is 19.3 Å². The van der Waals surface area contributed by atoms with Crippen LogP contribution in [-0.4, -0.2) is 24.5 Å². The third-order valence-electron chi connectivity index (χ3n) is 3.97. The number of hydrogen-bond donors (Lipinski definition) is 0. The van der Waals surface area contributed by atoms with Gasteiger partial charge in [0, 0.05) is 24.1 Å². The van der Waals surface area contributed by atoms with Gasteiger partial charge in [-0.15, -0.1) is 0 Å². The molecule has 2 heteroatoms. The van der Waals surface area contributed by atoms with Crippen molar-refractivity contribution in [3.63, 3.8) is 0 Å². The molecule has 0 atom stereocenters. The van der Waals surface area contributed by atoms with Gasteiger partial charge in [-0.25, -0.2) is 0 Å². The van der Waals surface area contributed by atoms with Crippen molar-refractivity contribution in [1.29, 1.82) is 0 Å². The maximum atomic E-state index is 3.53. The van der Waals surface area contributed by atoms with Gasteiger partial charge in [-0.05, 0) is 48.8 Å². The number of benzene rings is 1. The normalized spacial score (nSPS) is 28.8. The lowest BCUT2D eigenvalue weighted by Gasteiger charge is -2.47. The van der Waals surface area contributed by atoms with Gasteiger partial charge < -0.3 is 4.90 Å². The SMILES string of the molecule is Brc1cccc(CCN2CC3CC(C3)C2)c1. The third kappa shape index (κ3) is 2.33. The highest BCUT2D eigenvalue weighted by molar-refractivity contribution is 9.10. The van der Waals surface area contributed by atoms with Gasteiger partial charge in [0.15, 0.2) is 0 Å². The summed E-state index contributed by atoms with van der Waals surface area (Å²) in [5.41, 5.74) is 1.45. The van der Waals surface area contributed by atoms with Crippen molar-refractivity contribution in [2.24, 2.45) is 11.8 Å². The molecule has 0 spiro atoms. The second-order valence-corrected chi connectivity index (χ2v) is 6.26. The van der Waals surface area contributed by atoms with Gasteiger partial charge in [0.25, 0.3) is 0 Å². The lowest BCUT2D eigenvalue weighted by atomic mass is 9.71. The van der Waals surface area contributed by atoms with E-state index in [-0.39, 0.29) is 0 Å². The highest BCUT2D eigenvalue weighted by Gasteiger charge is 2.36. The first-order valence-electron chi connectivity index (χ1n) is 6.26.